The SMILES string of the molecule is CC(CN)CN(CCC#N)Cc1cccnc1. The predicted molar refractivity (Wildman–Crippen MR) is 68.0 cm³/mol. The molecule has 1 unspecified atom stereocenters. The van der Waals surface area contributed by atoms with Gasteiger partial charge in [-0.15, -0.1) is 0 Å². The van der Waals surface area contributed by atoms with Crippen LogP contribution in [0.3, 0.4) is 0 Å². The second-order valence-electron chi connectivity index (χ2n) is 4.35. The third-order valence-corrected chi connectivity index (χ3v) is 2.64. The average molecular weight is 232 g/mol. The Balaban J connectivity index is 2.54. The lowest BCUT2D eigenvalue weighted by molar-refractivity contribution is 0.236. The van der Waals surface area contributed by atoms with Gasteiger partial charge in [0.15, 0.2) is 0 Å². The number of hydrogen-bond acceptors (Lipinski definition) is 4. The molecule has 0 aliphatic rings. The molecular formula is C13H20N4. The summed E-state index contributed by atoms with van der Waals surface area (Å²) < 4.78 is 0. The molecule has 0 aromatic carbocycles. The van der Waals surface area contributed by atoms with Gasteiger partial charge in [-0.25, -0.2) is 0 Å². The summed E-state index contributed by atoms with van der Waals surface area (Å²) >= 11 is 0. The van der Waals surface area contributed by atoms with Crippen LogP contribution >= 0.6 is 0 Å². The molecule has 1 aromatic heterocycles. The van der Waals surface area contributed by atoms with Gasteiger partial charge in [0.05, 0.1) is 6.07 Å². The minimum atomic E-state index is 0.449. The third-order valence-electron chi connectivity index (χ3n) is 2.64. The molecule has 1 rings (SSSR count). The molecule has 2 N–H and O–H groups in total. The van der Waals surface area contributed by atoms with Crippen LogP contribution in [0.15, 0.2) is 24.5 Å². The van der Waals surface area contributed by atoms with Crippen LogP contribution in [0.2, 0.25) is 0 Å². The Kier molecular flexibility index (Phi) is 6.23. The first-order valence-electron chi connectivity index (χ1n) is 5.94. The Bertz CT molecular complexity index is 344. The number of aromatic nitrogens is 1. The summed E-state index contributed by atoms with van der Waals surface area (Å²) in [5, 5.41) is 8.66. The van der Waals surface area contributed by atoms with E-state index >= 15 is 0 Å². The lowest BCUT2D eigenvalue weighted by Crippen LogP contribution is -2.32. The van der Waals surface area contributed by atoms with Gasteiger partial charge in [0.2, 0.25) is 0 Å². The predicted octanol–water partition coefficient (Wildman–Crippen LogP) is 1.39. The highest BCUT2D eigenvalue weighted by Gasteiger charge is 2.09. The molecule has 0 spiro atoms. The molecule has 17 heavy (non-hydrogen) atoms. The fourth-order valence-electron chi connectivity index (χ4n) is 1.71. The molecule has 0 fully saturated rings. The van der Waals surface area contributed by atoms with Gasteiger partial charge in [-0.1, -0.05) is 13.0 Å². The Morgan fingerprint density at radius 3 is 3.00 bits per heavy atom. The van der Waals surface area contributed by atoms with E-state index in [4.69, 9.17) is 11.0 Å². The zero-order valence-corrected chi connectivity index (χ0v) is 10.3. The highest BCUT2D eigenvalue weighted by molar-refractivity contribution is 5.08. The van der Waals surface area contributed by atoms with Gasteiger partial charge in [0.25, 0.3) is 0 Å². The monoisotopic (exact) mass is 232 g/mol. The average Bonchev–Trinajstić information content (AvgIpc) is 2.37. The number of pyridine rings is 1. The van der Waals surface area contributed by atoms with E-state index in [1.807, 2.05) is 12.3 Å². The maximum absolute atomic E-state index is 8.66. The van der Waals surface area contributed by atoms with Crippen LogP contribution in [0.1, 0.15) is 18.9 Å². The van der Waals surface area contributed by atoms with Crippen molar-refractivity contribution < 1.29 is 0 Å². The van der Waals surface area contributed by atoms with Crippen molar-refractivity contribution in [1.82, 2.24) is 9.88 Å². The first-order valence-corrected chi connectivity index (χ1v) is 5.94. The zero-order valence-electron chi connectivity index (χ0n) is 10.3. The highest BCUT2D eigenvalue weighted by Crippen LogP contribution is 2.06. The molecule has 4 heteroatoms. The van der Waals surface area contributed by atoms with Gasteiger partial charge in [-0.2, -0.15) is 5.26 Å². The Morgan fingerprint density at radius 1 is 1.59 bits per heavy atom. The summed E-state index contributed by atoms with van der Waals surface area (Å²) in [5.41, 5.74) is 6.81. The first-order chi connectivity index (χ1) is 8.26. The van der Waals surface area contributed by atoms with Crippen LogP contribution in [0.25, 0.3) is 0 Å². The van der Waals surface area contributed by atoms with Gasteiger partial charge in [0, 0.05) is 38.4 Å². The Hall–Kier alpha value is -1.44. The van der Waals surface area contributed by atoms with Crippen LogP contribution in [0.5, 0.6) is 0 Å². The number of nitrogens with two attached hydrogens (primary N) is 1. The van der Waals surface area contributed by atoms with Crippen molar-refractivity contribution in [3.63, 3.8) is 0 Å². The van der Waals surface area contributed by atoms with E-state index in [9.17, 15) is 0 Å². The molecule has 92 valence electrons. The van der Waals surface area contributed by atoms with E-state index in [0.29, 0.717) is 18.9 Å². The Labute approximate surface area is 103 Å². The van der Waals surface area contributed by atoms with E-state index in [-0.39, 0.29) is 0 Å². The van der Waals surface area contributed by atoms with Gasteiger partial charge >= 0.3 is 0 Å². The molecule has 0 bridgehead atoms. The summed E-state index contributed by atoms with van der Waals surface area (Å²) in [6.45, 7) is 5.35. The summed E-state index contributed by atoms with van der Waals surface area (Å²) in [7, 11) is 0. The van der Waals surface area contributed by atoms with Gasteiger partial charge in [0.1, 0.15) is 0 Å². The van der Waals surface area contributed by atoms with Gasteiger partial charge < -0.3 is 5.73 Å². The number of rotatable bonds is 7. The fourth-order valence-corrected chi connectivity index (χ4v) is 1.71. The molecule has 0 amide bonds. The number of hydrogen-bond donors (Lipinski definition) is 1. The molecule has 0 saturated heterocycles. The van der Waals surface area contributed by atoms with E-state index in [2.05, 4.69) is 28.9 Å². The quantitative estimate of drug-likeness (QED) is 0.771. The molecule has 0 aliphatic carbocycles. The maximum atomic E-state index is 8.66. The lowest BCUT2D eigenvalue weighted by Gasteiger charge is -2.24. The molecule has 0 aliphatic heterocycles. The first kappa shape index (κ1) is 13.6. The van der Waals surface area contributed by atoms with Crippen molar-refractivity contribution in [2.75, 3.05) is 19.6 Å². The topological polar surface area (TPSA) is 65.9 Å². The molecule has 0 saturated carbocycles. The van der Waals surface area contributed by atoms with E-state index in [1.165, 1.54) is 5.56 Å². The van der Waals surface area contributed by atoms with E-state index < -0.39 is 0 Å². The number of nitrogens with zero attached hydrogens (tertiary/aromatic N) is 3. The molecule has 1 heterocycles. The smallest absolute Gasteiger partial charge is 0.0635 e. The summed E-state index contributed by atoms with van der Waals surface area (Å²) in [6, 6.07) is 6.18. The van der Waals surface area contributed by atoms with Gasteiger partial charge in [-0.05, 0) is 24.1 Å². The van der Waals surface area contributed by atoms with E-state index in [1.54, 1.807) is 6.20 Å². The van der Waals surface area contributed by atoms with Crippen LogP contribution in [0.4, 0.5) is 0 Å². The third kappa shape index (κ3) is 5.43. The zero-order chi connectivity index (χ0) is 12.5. The summed E-state index contributed by atoms with van der Waals surface area (Å²) in [5.74, 6) is 0.449. The molecule has 4 nitrogen and oxygen atoms in total. The van der Waals surface area contributed by atoms with Crippen LogP contribution in [0, 0.1) is 17.2 Å². The van der Waals surface area contributed by atoms with Crippen molar-refractivity contribution in [3.05, 3.63) is 30.1 Å². The molecule has 1 aromatic rings. The van der Waals surface area contributed by atoms with Crippen molar-refractivity contribution in [1.29, 1.82) is 5.26 Å². The van der Waals surface area contributed by atoms with Crippen LogP contribution in [-0.4, -0.2) is 29.5 Å². The minimum Gasteiger partial charge on any atom is -0.330 e. The van der Waals surface area contributed by atoms with Gasteiger partial charge in [-0.3, -0.25) is 9.88 Å². The van der Waals surface area contributed by atoms with Crippen molar-refractivity contribution in [3.8, 4) is 6.07 Å². The largest absolute Gasteiger partial charge is 0.330 e. The normalized spacial score (nSPS) is 12.4. The van der Waals surface area contributed by atoms with Crippen LogP contribution in [-0.2, 0) is 6.54 Å². The molecule has 1 atom stereocenters. The number of nitriles is 1. The van der Waals surface area contributed by atoms with Crippen molar-refractivity contribution >= 4 is 0 Å². The highest BCUT2D eigenvalue weighted by atomic mass is 15.1. The molecule has 0 radical (unpaired) electrons. The summed E-state index contributed by atoms with van der Waals surface area (Å²) in [6.07, 6.45) is 4.19. The second kappa shape index (κ2) is 7.77. The summed E-state index contributed by atoms with van der Waals surface area (Å²) in [4.78, 5) is 6.36. The maximum Gasteiger partial charge on any atom is 0.0635 e. The minimum absolute atomic E-state index is 0.449. The molecular weight excluding hydrogens is 212 g/mol. The standard InChI is InChI=1S/C13H20N4/c1-12(8-15)10-17(7-3-5-14)11-13-4-2-6-16-9-13/h2,4,6,9,12H,3,7-8,10-11,15H2,1H3. The van der Waals surface area contributed by atoms with Crippen molar-refractivity contribution in [2.24, 2.45) is 11.7 Å². The fraction of sp³-hybridized carbons (Fsp3) is 0.538. The second-order valence-corrected chi connectivity index (χ2v) is 4.35. The van der Waals surface area contributed by atoms with E-state index in [0.717, 1.165) is 19.6 Å². The Morgan fingerprint density at radius 2 is 2.41 bits per heavy atom. The van der Waals surface area contributed by atoms with Crippen LogP contribution < -0.4 is 5.73 Å². The van der Waals surface area contributed by atoms with Crippen molar-refractivity contribution in [2.45, 2.75) is 19.9 Å². The lowest BCUT2D eigenvalue weighted by atomic mass is 10.1.